The van der Waals surface area contributed by atoms with Gasteiger partial charge >= 0.3 is 12.1 Å². The molecule has 0 spiro atoms. The summed E-state index contributed by atoms with van der Waals surface area (Å²) in [5.74, 6) is -2.20. The highest BCUT2D eigenvalue weighted by Crippen LogP contribution is 2.40. The topological polar surface area (TPSA) is 96.5 Å². The number of carboxylic acids is 1. The van der Waals surface area contributed by atoms with Gasteiger partial charge in [-0.25, -0.2) is 0 Å². The number of furan rings is 1. The molecule has 0 radical (unpaired) electrons. The van der Waals surface area contributed by atoms with Crippen LogP contribution >= 0.6 is 0 Å². The number of fused-ring (bicyclic) bond motifs is 1. The molecule has 0 unspecified atom stereocenters. The number of hydrogen-bond donors (Lipinski definition) is 1. The Morgan fingerprint density at radius 3 is 2.36 bits per heavy atom. The summed E-state index contributed by atoms with van der Waals surface area (Å²) in [5.41, 5.74) is 4.15. The molecule has 1 amide bonds. The van der Waals surface area contributed by atoms with Crippen molar-refractivity contribution in [2.24, 2.45) is 0 Å². The van der Waals surface area contributed by atoms with E-state index in [4.69, 9.17) is 9.40 Å². The first-order chi connectivity index (χ1) is 21.4. The molecule has 0 saturated heterocycles. The first-order valence-electron chi connectivity index (χ1n) is 14.5. The molecule has 1 fully saturated rings. The monoisotopic (exact) mass is 613 g/mol. The molecule has 0 aliphatic heterocycles. The molecule has 1 aliphatic rings. The highest BCUT2D eigenvalue weighted by Gasteiger charge is 2.35. The third-order valence-corrected chi connectivity index (χ3v) is 8.16. The number of aromatic nitrogens is 2. The lowest BCUT2D eigenvalue weighted by atomic mass is 9.83. The van der Waals surface area contributed by atoms with Gasteiger partial charge in [-0.15, -0.1) is 0 Å². The van der Waals surface area contributed by atoms with Crippen LogP contribution in [0.15, 0.2) is 89.5 Å². The van der Waals surface area contributed by atoms with Crippen molar-refractivity contribution < 1.29 is 32.3 Å². The first-order valence-corrected chi connectivity index (χ1v) is 14.5. The molecular formula is C35H30F3N3O4. The molecule has 230 valence electrons. The lowest BCUT2D eigenvalue weighted by Crippen LogP contribution is -2.30. The van der Waals surface area contributed by atoms with Gasteiger partial charge in [-0.3, -0.25) is 19.6 Å². The molecule has 5 aromatic rings. The van der Waals surface area contributed by atoms with Crippen molar-refractivity contribution in [3.63, 3.8) is 0 Å². The Kier molecular flexibility index (Phi) is 7.68. The van der Waals surface area contributed by atoms with E-state index < -0.39 is 29.2 Å². The van der Waals surface area contributed by atoms with Crippen LogP contribution < -0.4 is 0 Å². The van der Waals surface area contributed by atoms with Crippen LogP contribution in [0, 0.1) is 0 Å². The maximum absolute atomic E-state index is 14.2. The Bertz CT molecular complexity index is 1890. The Balaban J connectivity index is 1.33. The van der Waals surface area contributed by atoms with Gasteiger partial charge in [0.2, 0.25) is 5.76 Å². The second-order valence-corrected chi connectivity index (χ2v) is 11.9. The fourth-order valence-electron chi connectivity index (χ4n) is 5.24. The molecule has 45 heavy (non-hydrogen) atoms. The Morgan fingerprint density at radius 2 is 1.69 bits per heavy atom. The summed E-state index contributed by atoms with van der Waals surface area (Å²) < 4.78 is 45.0. The SMILES string of the molecule is CC(C)(C(=O)O)c1cccc(-c2ccc(CN(Cc3ccc(C(F)(F)F)o3)C(=O)c3cc(C4CC4)nc4cccnc34)cc2)c1. The summed E-state index contributed by atoms with van der Waals surface area (Å²) in [6.07, 6.45) is -1.11. The smallest absolute Gasteiger partial charge is 0.449 e. The highest BCUT2D eigenvalue weighted by molar-refractivity contribution is 6.04. The lowest BCUT2D eigenvalue weighted by molar-refractivity contribution is -0.153. The third kappa shape index (κ3) is 6.31. The number of pyridine rings is 2. The number of aliphatic carboxylic acids is 1. The molecule has 1 saturated carbocycles. The molecule has 6 rings (SSSR count). The normalized spacial score (nSPS) is 13.6. The third-order valence-electron chi connectivity index (χ3n) is 8.16. The minimum atomic E-state index is -4.65. The summed E-state index contributed by atoms with van der Waals surface area (Å²) in [6, 6.07) is 22.1. The van der Waals surface area contributed by atoms with Crippen LogP contribution in [0.1, 0.15) is 71.3 Å². The van der Waals surface area contributed by atoms with Crippen LogP contribution in [0.5, 0.6) is 0 Å². The van der Waals surface area contributed by atoms with Crippen molar-refractivity contribution in [1.29, 1.82) is 0 Å². The summed E-state index contributed by atoms with van der Waals surface area (Å²) >= 11 is 0. The summed E-state index contributed by atoms with van der Waals surface area (Å²) in [4.78, 5) is 36.5. The number of alkyl halides is 3. The van der Waals surface area contributed by atoms with Gasteiger partial charge in [0.15, 0.2) is 0 Å². The Hall–Kier alpha value is -4.99. The van der Waals surface area contributed by atoms with E-state index in [2.05, 4.69) is 4.98 Å². The number of carboxylic acid groups (broad SMARTS) is 1. The molecule has 1 N–H and O–H groups in total. The minimum absolute atomic E-state index is 0.00103. The standard InChI is InChI=1S/C35H30F3N3O4/c1-34(2,33(43)44)25-6-3-5-24(17-25)22-10-8-21(9-11-22)19-41(20-26-14-15-30(45-26)35(36,37)38)32(42)27-18-29(23-12-13-23)40-28-7-4-16-39-31(27)28/h3-11,14-18,23H,12-13,19-20H2,1-2H3,(H,43,44). The molecule has 3 aromatic heterocycles. The van der Waals surface area contributed by atoms with Gasteiger partial charge in [0, 0.05) is 24.4 Å². The van der Waals surface area contributed by atoms with Crippen molar-refractivity contribution in [2.45, 2.75) is 57.3 Å². The fourth-order valence-corrected chi connectivity index (χ4v) is 5.24. The van der Waals surface area contributed by atoms with Crippen LogP contribution in [-0.2, 0) is 29.5 Å². The Labute approximate surface area is 257 Å². The summed E-state index contributed by atoms with van der Waals surface area (Å²) in [7, 11) is 0. The van der Waals surface area contributed by atoms with Crippen molar-refractivity contribution in [3.05, 3.63) is 119 Å². The fraction of sp³-hybridized carbons (Fsp3) is 0.257. The second-order valence-electron chi connectivity index (χ2n) is 11.9. The zero-order valence-electron chi connectivity index (χ0n) is 24.6. The zero-order valence-corrected chi connectivity index (χ0v) is 24.6. The van der Waals surface area contributed by atoms with Gasteiger partial charge in [0.25, 0.3) is 5.91 Å². The molecule has 0 bridgehead atoms. The lowest BCUT2D eigenvalue weighted by Gasteiger charge is -2.23. The van der Waals surface area contributed by atoms with E-state index in [9.17, 15) is 27.9 Å². The van der Waals surface area contributed by atoms with Crippen molar-refractivity contribution in [3.8, 4) is 11.1 Å². The summed E-state index contributed by atoms with van der Waals surface area (Å²) in [6.45, 7) is 3.19. The van der Waals surface area contributed by atoms with E-state index in [-0.39, 0.29) is 24.8 Å². The van der Waals surface area contributed by atoms with E-state index in [1.165, 1.54) is 11.0 Å². The maximum atomic E-state index is 14.2. The first kappa shape index (κ1) is 30.1. The van der Waals surface area contributed by atoms with Crippen molar-refractivity contribution in [2.75, 3.05) is 0 Å². The van der Waals surface area contributed by atoms with Gasteiger partial charge in [0.1, 0.15) is 11.3 Å². The van der Waals surface area contributed by atoms with E-state index >= 15 is 0 Å². The molecule has 0 atom stereocenters. The van der Waals surface area contributed by atoms with Crippen LogP contribution in [0.4, 0.5) is 13.2 Å². The van der Waals surface area contributed by atoms with Crippen LogP contribution in [-0.4, -0.2) is 31.9 Å². The average Bonchev–Trinajstić information content (AvgIpc) is 3.77. The van der Waals surface area contributed by atoms with E-state index in [1.807, 2.05) is 42.5 Å². The van der Waals surface area contributed by atoms with Crippen LogP contribution in [0.2, 0.25) is 0 Å². The molecule has 1 aliphatic carbocycles. The zero-order chi connectivity index (χ0) is 31.9. The van der Waals surface area contributed by atoms with Crippen LogP contribution in [0.25, 0.3) is 22.2 Å². The Morgan fingerprint density at radius 1 is 0.933 bits per heavy atom. The largest absolute Gasteiger partial charge is 0.481 e. The minimum Gasteiger partial charge on any atom is -0.481 e. The van der Waals surface area contributed by atoms with E-state index in [0.717, 1.165) is 41.3 Å². The van der Waals surface area contributed by atoms with Gasteiger partial charge in [0.05, 0.1) is 23.0 Å². The molecule has 2 aromatic carbocycles. The quantitative estimate of drug-likeness (QED) is 0.181. The number of carbonyl (C=O) groups excluding carboxylic acids is 1. The number of rotatable bonds is 9. The number of benzene rings is 2. The average molecular weight is 614 g/mol. The molecule has 3 heterocycles. The predicted molar refractivity (Wildman–Crippen MR) is 161 cm³/mol. The van der Waals surface area contributed by atoms with Gasteiger partial charge in [-0.1, -0.05) is 48.5 Å². The van der Waals surface area contributed by atoms with Gasteiger partial charge in [-0.2, -0.15) is 13.2 Å². The van der Waals surface area contributed by atoms with Crippen molar-refractivity contribution in [1.82, 2.24) is 14.9 Å². The number of amides is 1. The second kappa shape index (κ2) is 11.5. The van der Waals surface area contributed by atoms with Crippen LogP contribution in [0.3, 0.4) is 0 Å². The molecule has 7 nitrogen and oxygen atoms in total. The highest BCUT2D eigenvalue weighted by atomic mass is 19.4. The van der Waals surface area contributed by atoms with Gasteiger partial charge in [-0.05, 0) is 79.3 Å². The van der Waals surface area contributed by atoms with Gasteiger partial charge < -0.3 is 14.4 Å². The maximum Gasteiger partial charge on any atom is 0.449 e. The van der Waals surface area contributed by atoms with E-state index in [1.54, 1.807) is 44.3 Å². The number of hydrogen-bond acceptors (Lipinski definition) is 5. The van der Waals surface area contributed by atoms with Crippen molar-refractivity contribution >= 4 is 22.9 Å². The number of halogens is 3. The van der Waals surface area contributed by atoms with E-state index in [0.29, 0.717) is 22.2 Å². The molecular weight excluding hydrogens is 583 g/mol. The predicted octanol–water partition coefficient (Wildman–Crippen LogP) is 7.99. The number of carbonyl (C=O) groups is 2. The number of nitrogens with zero attached hydrogens (tertiary/aromatic N) is 3. The molecule has 10 heteroatoms. The summed E-state index contributed by atoms with van der Waals surface area (Å²) in [5, 5.41) is 9.65.